The van der Waals surface area contributed by atoms with Crippen molar-refractivity contribution in [3.05, 3.63) is 54.1 Å². The number of carbonyl (C=O) groups is 2. The Morgan fingerprint density at radius 3 is 2.06 bits per heavy atom. The number of piperazine rings is 1. The van der Waals surface area contributed by atoms with Gasteiger partial charge in [0.05, 0.1) is 4.90 Å². The fourth-order valence-corrected chi connectivity index (χ4v) is 5.56. The van der Waals surface area contributed by atoms with Gasteiger partial charge in [0.15, 0.2) is 0 Å². The number of piperidine rings is 1. The SMILES string of the molecule is O=C(c1ccc(N2CCCCC2=O)cc1)N1CCN(S(=O)(=O)c2ccc(OC(F)(F)F)cc2)CC1. The van der Waals surface area contributed by atoms with E-state index in [2.05, 4.69) is 4.74 Å². The molecule has 0 bridgehead atoms. The molecule has 2 fully saturated rings. The van der Waals surface area contributed by atoms with Crippen LogP contribution in [-0.4, -0.2) is 68.5 Å². The number of halogens is 3. The minimum Gasteiger partial charge on any atom is -0.406 e. The molecule has 0 saturated carbocycles. The molecule has 12 heteroatoms. The van der Waals surface area contributed by atoms with Crippen LogP contribution in [0.3, 0.4) is 0 Å². The first-order chi connectivity index (χ1) is 16.5. The van der Waals surface area contributed by atoms with Gasteiger partial charge in [0.2, 0.25) is 15.9 Å². The molecule has 2 amide bonds. The second-order valence-electron chi connectivity index (χ2n) is 8.26. The average molecular weight is 512 g/mol. The number of ether oxygens (including phenoxy) is 1. The van der Waals surface area contributed by atoms with Crippen molar-refractivity contribution in [3.63, 3.8) is 0 Å². The van der Waals surface area contributed by atoms with Gasteiger partial charge in [-0.1, -0.05) is 0 Å². The highest BCUT2D eigenvalue weighted by Crippen LogP contribution is 2.26. The van der Waals surface area contributed by atoms with Crippen molar-refractivity contribution in [2.45, 2.75) is 30.5 Å². The van der Waals surface area contributed by atoms with E-state index in [-0.39, 0.29) is 42.9 Å². The van der Waals surface area contributed by atoms with Crippen LogP contribution in [0.5, 0.6) is 5.75 Å². The van der Waals surface area contributed by atoms with Gasteiger partial charge in [-0.15, -0.1) is 13.2 Å². The molecule has 8 nitrogen and oxygen atoms in total. The smallest absolute Gasteiger partial charge is 0.406 e. The number of hydrogen-bond acceptors (Lipinski definition) is 5. The summed E-state index contributed by atoms with van der Waals surface area (Å²) in [5.41, 5.74) is 1.18. The molecule has 0 atom stereocenters. The molecule has 0 radical (unpaired) electrons. The Bertz CT molecular complexity index is 1180. The molecular weight excluding hydrogens is 487 g/mol. The molecule has 2 heterocycles. The highest BCUT2D eigenvalue weighted by Gasteiger charge is 2.33. The molecule has 0 aromatic heterocycles. The minimum atomic E-state index is -4.87. The number of benzene rings is 2. The quantitative estimate of drug-likeness (QED) is 0.615. The van der Waals surface area contributed by atoms with Gasteiger partial charge >= 0.3 is 6.36 Å². The highest BCUT2D eigenvalue weighted by molar-refractivity contribution is 7.89. The Kier molecular flexibility index (Phi) is 7.04. The van der Waals surface area contributed by atoms with Crippen LogP contribution in [-0.2, 0) is 14.8 Å². The second-order valence-corrected chi connectivity index (χ2v) is 10.2. The second kappa shape index (κ2) is 9.86. The molecule has 0 unspecified atom stereocenters. The fourth-order valence-electron chi connectivity index (χ4n) is 4.14. The van der Waals surface area contributed by atoms with Gasteiger partial charge in [0, 0.05) is 50.4 Å². The zero-order valence-corrected chi connectivity index (χ0v) is 19.5. The summed E-state index contributed by atoms with van der Waals surface area (Å²) < 4.78 is 67.7. The standard InChI is InChI=1S/C23H24F3N3O5S/c24-23(25,26)34-19-8-10-20(11-9-19)35(32,33)28-15-13-27(14-16-28)22(31)17-4-6-18(7-5-17)29-12-2-1-3-21(29)30/h4-11H,1-3,12-16H2. The number of nitrogens with zero attached hydrogens (tertiary/aromatic N) is 3. The van der Waals surface area contributed by atoms with Crippen LogP contribution < -0.4 is 9.64 Å². The van der Waals surface area contributed by atoms with Crippen molar-refractivity contribution in [2.24, 2.45) is 0 Å². The Hall–Kier alpha value is -3.12. The number of anilines is 1. The normalized spacial score (nSPS) is 18.0. The Morgan fingerprint density at radius 1 is 0.857 bits per heavy atom. The van der Waals surface area contributed by atoms with E-state index in [9.17, 15) is 31.2 Å². The van der Waals surface area contributed by atoms with E-state index in [1.165, 1.54) is 4.31 Å². The lowest BCUT2D eigenvalue weighted by Gasteiger charge is -2.34. The van der Waals surface area contributed by atoms with Gasteiger partial charge < -0.3 is 14.5 Å². The molecule has 2 aromatic rings. The molecule has 2 aromatic carbocycles. The number of rotatable bonds is 5. The highest BCUT2D eigenvalue weighted by atomic mass is 32.2. The van der Waals surface area contributed by atoms with Crippen molar-refractivity contribution in [1.82, 2.24) is 9.21 Å². The van der Waals surface area contributed by atoms with E-state index < -0.39 is 22.1 Å². The monoisotopic (exact) mass is 511 g/mol. The van der Waals surface area contributed by atoms with E-state index in [0.29, 0.717) is 18.5 Å². The fraction of sp³-hybridized carbons (Fsp3) is 0.391. The van der Waals surface area contributed by atoms with Crippen molar-refractivity contribution >= 4 is 27.5 Å². The van der Waals surface area contributed by atoms with Crippen LogP contribution in [0.1, 0.15) is 29.6 Å². The molecule has 0 N–H and O–H groups in total. The number of carbonyl (C=O) groups excluding carboxylic acids is 2. The number of alkyl halides is 3. The Labute approximate surface area is 200 Å². The first-order valence-corrected chi connectivity index (χ1v) is 12.5. The van der Waals surface area contributed by atoms with Crippen molar-refractivity contribution in [3.8, 4) is 5.75 Å². The third kappa shape index (κ3) is 5.76. The zero-order valence-electron chi connectivity index (χ0n) is 18.7. The summed E-state index contributed by atoms with van der Waals surface area (Å²) in [5.74, 6) is -0.690. The lowest BCUT2D eigenvalue weighted by atomic mass is 10.1. The number of hydrogen-bond donors (Lipinski definition) is 0. The maximum Gasteiger partial charge on any atom is 0.573 e. The molecule has 35 heavy (non-hydrogen) atoms. The van der Waals surface area contributed by atoms with E-state index in [1.807, 2.05) is 0 Å². The third-order valence-electron chi connectivity index (χ3n) is 5.97. The largest absolute Gasteiger partial charge is 0.573 e. The van der Waals surface area contributed by atoms with E-state index in [1.54, 1.807) is 34.1 Å². The van der Waals surface area contributed by atoms with Gasteiger partial charge in [-0.3, -0.25) is 9.59 Å². The van der Waals surface area contributed by atoms with Crippen molar-refractivity contribution in [1.29, 1.82) is 0 Å². The molecule has 2 aliphatic rings. The predicted molar refractivity (Wildman–Crippen MR) is 120 cm³/mol. The van der Waals surface area contributed by atoms with Crippen LogP contribution in [0.25, 0.3) is 0 Å². The van der Waals surface area contributed by atoms with Gasteiger partial charge in [-0.25, -0.2) is 8.42 Å². The predicted octanol–water partition coefficient (Wildman–Crippen LogP) is 3.25. The van der Waals surface area contributed by atoms with Gasteiger partial charge in [-0.2, -0.15) is 4.31 Å². The van der Waals surface area contributed by atoms with Crippen LogP contribution >= 0.6 is 0 Å². The minimum absolute atomic E-state index is 0.0508. The zero-order chi connectivity index (χ0) is 25.2. The lowest BCUT2D eigenvalue weighted by Crippen LogP contribution is -2.50. The van der Waals surface area contributed by atoms with Crippen LogP contribution in [0.2, 0.25) is 0 Å². The summed E-state index contributed by atoms with van der Waals surface area (Å²) in [5, 5.41) is 0. The summed E-state index contributed by atoms with van der Waals surface area (Å²) in [6.45, 7) is 1.09. The Morgan fingerprint density at radius 2 is 1.49 bits per heavy atom. The molecule has 4 rings (SSSR count). The van der Waals surface area contributed by atoms with Crippen LogP contribution in [0.4, 0.5) is 18.9 Å². The first-order valence-electron chi connectivity index (χ1n) is 11.1. The lowest BCUT2D eigenvalue weighted by molar-refractivity contribution is -0.274. The molecule has 2 saturated heterocycles. The molecular formula is C23H24F3N3O5S. The molecule has 0 spiro atoms. The van der Waals surface area contributed by atoms with Crippen molar-refractivity contribution in [2.75, 3.05) is 37.6 Å². The van der Waals surface area contributed by atoms with Gasteiger partial charge in [0.1, 0.15) is 5.75 Å². The van der Waals surface area contributed by atoms with E-state index in [4.69, 9.17) is 0 Å². The molecule has 188 valence electrons. The maximum absolute atomic E-state index is 12.9. The molecule has 0 aliphatic carbocycles. The maximum atomic E-state index is 12.9. The summed E-state index contributed by atoms with van der Waals surface area (Å²) in [4.78, 5) is 28.1. The van der Waals surface area contributed by atoms with Crippen molar-refractivity contribution < 1.29 is 35.9 Å². The summed E-state index contributed by atoms with van der Waals surface area (Å²) in [6.07, 6.45) is -2.54. The van der Waals surface area contributed by atoms with Crippen LogP contribution in [0.15, 0.2) is 53.4 Å². The van der Waals surface area contributed by atoms with Gasteiger partial charge in [0.25, 0.3) is 5.91 Å². The third-order valence-corrected chi connectivity index (χ3v) is 7.88. The van der Waals surface area contributed by atoms with E-state index in [0.717, 1.165) is 42.8 Å². The number of amides is 2. The summed E-state index contributed by atoms with van der Waals surface area (Å²) in [7, 11) is -3.94. The van der Waals surface area contributed by atoms with Gasteiger partial charge in [-0.05, 0) is 61.4 Å². The van der Waals surface area contributed by atoms with Crippen LogP contribution in [0, 0.1) is 0 Å². The average Bonchev–Trinajstić information content (AvgIpc) is 2.83. The first kappa shape index (κ1) is 25.0. The number of sulfonamides is 1. The topological polar surface area (TPSA) is 87.2 Å². The summed E-state index contributed by atoms with van der Waals surface area (Å²) >= 11 is 0. The molecule has 2 aliphatic heterocycles. The Balaban J connectivity index is 1.36. The van der Waals surface area contributed by atoms with E-state index >= 15 is 0 Å². The summed E-state index contributed by atoms with van der Waals surface area (Å²) in [6, 6.07) is 10.8.